The van der Waals surface area contributed by atoms with Crippen molar-refractivity contribution in [1.82, 2.24) is 20.3 Å². The molecule has 0 aliphatic carbocycles. The van der Waals surface area contributed by atoms with Gasteiger partial charge in [-0.1, -0.05) is 11.6 Å². The van der Waals surface area contributed by atoms with Crippen LogP contribution in [0.3, 0.4) is 0 Å². The van der Waals surface area contributed by atoms with Crippen LogP contribution in [0.1, 0.15) is 20.8 Å². The first-order valence-electron chi connectivity index (χ1n) is 9.19. The van der Waals surface area contributed by atoms with Crippen LogP contribution in [0.5, 0.6) is 0 Å². The number of nitrogens with zero attached hydrogens (tertiary/aromatic N) is 4. The lowest BCUT2D eigenvalue weighted by Crippen LogP contribution is -2.37. The average Bonchev–Trinajstić information content (AvgIpc) is 2.65. The quantitative estimate of drug-likeness (QED) is 0.574. The summed E-state index contributed by atoms with van der Waals surface area (Å²) in [5.41, 5.74) is 0.0558. The van der Waals surface area contributed by atoms with Crippen LogP contribution in [0, 0.1) is 0 Å². The van der Waals surface area contributed by atoms with E-state index in [-0.39, 0.29) is 0 Å². The maximum atomic E-state index is 11.8. The molecule has 1 amide bonds. The van der Waals surface area contributed by atoms with Gasteiger partial charge < -0.3 is 25.0 Å². The second kappa shape index (κ2) is 8.74. The Morgan fingerprint density at radius 1 is 1.29 bits per heavy atom. The summed E-state index contributed by atoms with van der Waals surface area (Å²) in [6, 6.07) is 1.81. The van der Waals surface area contributed by atoms with Gasteiger partial charge in [0.1, 0.15) is 16.9 Å². The van der Waals surface area contributed by atoms with E-state index < -0.39 is 11.7 Å². The van der Waals surface area contributed by atoms with Crippen molar-refractivity contribution in [2.45, 2.75) is 26.4 Å². The second-order valence-electron chi connectivity index (χ2n) is 7.33. The van der Waals surface area contributed by atoms with E-state index in [2.05, 4.69) is 30.5 Å². The molecule has 0 saturated carbocycles. The zero-order valence-corrected chi connectivity index (χ0v) is 17.0. The molecule has 9 nitrogen and oxygen atoms in total. The molecule has 1 aliphatic heterocycles. The Morgan fingerprint density at radius 3 is 2.75 bits per heavy atom. The van der Waals surface area contributed by atoms with E-state index in [0.29, 0.717) is 61.8 Å². The minimum absolute atomic E-state index is 0.323. The summed E-state index contributed by atoms with van der Waals surface area (Å²) in [5, 5.41) is 7.06. The first kappa shape index (κ1) is 20.3. The molecule has 0 bridgehead atoms. The maximum Gasteiger partial charge on any atom is 0.407 e. The Hall–Kier alpha value is -2.39. The van der Waals surface area contributed by atoms with Gasteiger partial charge in [0.25, 0.3) is 0 Å². The zero-order chi connectivity index (χ0) is 20.1. The molecule has 0 atom stereocenters. The molecule has 0 radical (unpaired) electrons. The fourth-order valence-electron chi connectivity index (χ4n) is 2.71. The number of amides is 1. The largest absolute Gasteiger partial charge is 0.444 e. The summed E-state index contributed by atoms with van der Waals surface area (Å²) in [6.07, 6.45) is 1.16. The fraction of sp³-hybridized carbons (Fsp3) is 0.556. The molecule has 2 aromatic rings. The van der Waals surface area contributed by atoms with Gasteiger partial charge in [-0.2, -0.15) is 4.98 Å². The van der Waals surface area contributed by atoms with Crippen LogP contribution < -0.4 is 15.5 Å². The highest BCUT2D eigenvalue weighted by molar-refractivity contribution is 6.34. The van der Waals surface area contributed by atoms with E-state index in [4.69, 9.17) is 21.1 Å². The number of morpholine rings is 1. The summed E-state index contributed by atoms with van der Waals surface area (Å²) in [7, 11) is 0. The highest BCUT2D eigenvalue weighted by Crippen LogP contribution is 2.27. The summed E-state index contributed by atoms with van der Waals surface area (Å²) >= 11 is 6.26. The lowest BCUT2D eigenvalue weighted by Gasteiger charge is -2.27. The predicted octanol–water partition coefficient (Wildman–Crippen LogP) is 2.45. The summed E-state index contributed by atoms with van der Waals surface area (Å²) in [4.78, 5) is 27.2. The van der Waals surface area contributed by atoms with Crippen molar-refractivity contribution < 1.29 is 14.3 Å². The first-order valence-corrected chi connectivity index (χ1v) is 9.57. The van der Waals surface area contributed by atoms with Crippen LogP contribution in [0.25, 0.3) is 10.9 Å². The second-order valence-corrected chi connectivity index (χ2v) is 7.68. The number of carbonyl (C=O) groups excluding carboxylic acids is 1. The maximum absolute atomic E-state index is 11.8. The number of alkyl carbamates (subject to hydrolysis) is 1. The molecule has 152 valence electrons. The number of anilines is 2. The summed E-state index contributed by atoms with van der Waals surface area (Å²) in [6.45, 7) is 9.00. The SMILES string of the molecule is CC(C)(C)OC(=O)NCCNc1nc(N2CCOCC2)nc2c(Cl)nccc12. The highest BCUT2D eigenvalue weighted by Gasteiger charge is 2.18. The smallest absolute Gasteiger partial charge is 0.407 e. The number of nitrogens with one attached hydrogen (secondary N) is 2. The zero-order valence-electron chi connectivity index (χ0n) is 16.3. The van der Waals surface area contributed by atoms with Crippen LogP contribution in [-0.4, -0.2) is 66.0 Å². The molecule has 1 fully saturated rings. The molecule has 3 rings (SSSR count). The van der Waals surface area contributed by atoms with Gasteiger partial charge in [-0.05, 0) is 26.8 Å². The average molecular weight is 409 g/mol. The number of rotatable bonds is 5. The molecule has 2 aromatic heterocycles. The van der Waals surface area contributed by atoms with Gasteiger partial charge in [-0.25, -0.2) is 14.8 Å². The van der Waals surface area contributed by atoms with Crippen molar-refractivity contribution in [1.29, 1.82) is 0 Å². The standard InChI is InChI=1S/C18H25ClN6O3/c1-18(2,3)28-17(26)22-7-6-21-15-12-4-5-20-14(19)13(12)23-16(24-15)25-8-10-27-11-9-25/h4-5H,6-11H2,1-3H3,(H,22,26)(H,21,23,24). The van der Waals surface area contributed by atoms with Crippen molar-refractivity contribution in [3.05, 3.63) is 17.4 Å². The summed E-state index contributed by atoms with van der Waals surface area (Å²) < 4.78 is 10.6. The summed E-state index contributed by atoms with van der Waals surface area (Å²) in [5.74, 6) is 1.22. The number of ether oxygens (including phenoxy) is 2. The Balaban J connectivity index is 1.72. The molecule has 0 aromatic carbocycles. The third-order valence-corrected chi connectivity index (χ3v) is 4.21. The van der Waals surface area contributed by atoms with Crippen LogP contribution >= 0.6 is 11.6 Å². The fourth-order valence-corrected chi connectivity index (χ4v) is 2.91. The molecule has 3 heterocycles. The Bertz CT molecular complexity index is 836. The van der Waals surface area contributed by atoms with Gasteiger partial charge in [0.15, 0.2) is 5.15 Å². The van der Waals surface area contributed by atoms with Crippen molar-refractivity contribution >= 4 is 40.4 Å². The van der Waals surface area contributed by atoms with Crippen molar-refractivity contribution in [3.8, 4) is 0 Å². The van der Waals surface area contributed by atoms with Crippen molar-refractivity contribution in [2.75, 3.05) is 49.6 Å². The van der Waals surface area contributed by atoms with E-state index in [0.717, 1.165) is 5.39 Å². The topological polar surface area (TPSA) is 102 Å². The number of fused-ring (bicyclic) bond motifs is 1. The molecule has 1 aliphatic rings. The molecule has 0 spiro atoms. The lowest BCUT2D eigenvalue weighted by molar-refractivity contribution is 0.0530. The minimum atomic E-state index is -0.531. The molecular weight excluding hydrogens is 384 g/mol. The lowest BCUT2D eigenvalue weighted by atomic mass is 10.2. The number of hydrogen-bond donors (Lipinski definition) is 2. The number of halogens is 1. The highest BCUT2D eigenvalue weighted by atomic mass is 35.5. The monoisotopic (exact) mass is 408 g/mol. The van der Waals surface area contributed by atoms with E-state index in [1.807, 2.05) is 26.8 Å². The minimum Gasteiger partial charge on any atom is -0.444 e. The Morgan fingerprint density at radius 2 is 2.04 bits per heavy atom. The Kier molecular flexibility index (Phi) is 6.35. The van der Waals surface area contributed by atoms with Crippen LogP contribution in [-0.2, 0) is 9.47 Å². The van der Waals surface area contributed by atoms with Gasteiger partial charge in [0, 0.05) is 37.8 Å². The van der Waals surface area contributed by atoms with Gasteiger partial charge in [-0.15, -0.1) is 0 Å². The predicted molar refractivity (Wildman–Crippen MR) is 108 cm³/mol. The van der Waals surface area contributed by atoms with Crippen LogP contribution in [0.15, 0.2) is 12.3 Å². The van der Waals surface area contributed by atoms with E-state index in [1.165, 1.54) is 0 Å². The normalized spacial score (nSPS) is 14.8. The van der Waals surface area contributed by atoms with E-state index >= 15 is 0 Å². The molecule has 10 heteroatoms. The van der Waals surface area contributed by atoms with Gasteiger partial charge in [-0.3, -0.25) is 0 Å². The molecular formula is C18H25ClN6O3. The van der Waals surface area contributed by atoms with Gasteiger partial charge >= 0.3 is 6.09 Å². The number of pyridine rings is 1. The molecule has 28 heavy (non-hydrogen) atoms. The van der Waals surface area contributed by atoms with Crippen molar-refractivity contribution in [2.24, 2.45) is 0 Å². The Labute approximate surface area is 168 Å². The molecule has 2 N–H and O–H groups in total. The van der Waals surface area contributed by atoms with E-state index in [1.54, 1.807) is 6.20 Å². The number of aromatic nitrogens is 3. The number of hydrogen-bond acceptors (Lipinski definition) is 8. The third-order valence-electron chi connectivity index (χ3n) is 3.94. The van der Waals surface area contributed by atoms with Gasteiger partial charge in [0.05, 0.1) is 13.2 Å². The first-order chi connectivity index (χ1) is 13.3. The van der Waals surface area contributed by atoms with E-state index in [9.17, 15) is 4.79 Å². The third kappa shape index (κ3) is 5.32. The van der Waals surface area contributed by atoms with Crippen LogP contribution in [0.2, 0.25) is 5.15 Å². The molecule has 0 unspecified atom stereocenters. The van der Waals surface area contributed by atoms with Gasteiger partial charge in [0.2, 0.25) is 5.95 Å². The van der Waals surface area contributed by atoms with Crippen LogP contribution in [0.4, 0.5) is 16.6 Å². The van der Waals surface area contributed by atoms with Crippen molar-refractivity contribution in [3.63, 3.8) is 0 Å². The molecule has 1 saturated heterocycles. The number of carbonyl (C=O) groups is 1.